The topological polar surface area (TPSA) is 87.2 Å². The van der Waals surface area contributed by atoms with E-state index < -0.39 is 4.92 Å². The van der Waals surface area contributed by atoms with E-state index in [2.05, 4.69) is 6.07 Å². The maximum absolute atomic E-state index is 10.8. The first kappa shape index (κ1) is 13.6. The molecule has 1 aromatic carbocycles. The molecule has 1 atom stereocenters. The van der Waals surface area contributed by atoms with Crippen LogP contribution in [-0.2, 0) is 0 Å². The molecule has 1 unspecified atom stereocenters. The molecule has 0 fully saturated rings. The summed E-state index contributed by atoms with van der Waals surface area (Å²) in [6.45, 7) is 1.87. The Balaban J connectivity index is 3.09. The Kier molecular flexibility index (Phi) is 4.38. The molecule has 0 bridgehead atoms. The maximum Gasteiger partial charge on any atom is 0.280 e. The molecule has 6 heteroatoms. The van der Waals surface area contributed by atoms with E-state index in [0.717, 1.165) is 0 Å². The van der Waals surface area contributed by atoms with Crippen LogP contribution in [0.5, 0.6) is 0 Å². The number of nitro groups is 1. The number of hydrogen-bond acceptors (Lipinski definition) is 5. The third-order valence-corrected chi connectivity index (χ3v) is 2.79. The van der Waals surface area contributed by atoms with Crippen LogP contribution in [0.4, 0.5) is 11.4 Å². The average molecular weight is 247 g/mol. The standard InChI is InChI=1S/C12H13N3O3/c1-9(5-6-13)14(2)11-3-4-12(15(17)18)10(7-11)8-16/h3-4,7-9H,5H2,1-2H3. The molecule has 0 radical (unpaired) electrons. The van der Waals surface area contributed by atoms with Gasteiger partial charge in [0, 0.05) is 24.8 Å². The second-order valence-electron chi connectivity index (χ2n) is 3.94. The zero-order valence-corrected chi connectivity index (χ0v) is 10.2. The normalized spacial score (nSPS) is 11.4. The van der Waals surface area contributed by atoms with Crippen molar-refractivity contribution in [3.8, 4) is 6.07 Å². The molecular formula is C12H13N3O3. The van der Waals surface area contributed by atoms with E-state index in [1.165, 1.54) is 12.1 Å². The fourth-order valence-corrected chi connectivity index (χ4v) is 1.55. The summed E-state index contributed by atoms with van der Waals surface area (Å²) in [5.74, 6) is 0. The molecule has 0 saturated carbocycles. The van der Waals surface area contributed by atoms with Gasteiger partial charge >= 0.3 is 0 Å². The highest BCUT2D eigenvalue weighted by atomic mass is 16.6. The first-order chi connectivity index (χ1) is 8.51. The van der Waals surface area contributed by atoms with Crippen LogP contribution < -0.4 is 4.90 Å². The van der Waals surface area contributed by atoms with Gasteiger partial charge in [-0.25, -0.2) is 0 Å². The number of aldehydes is 1. The molecule has 18 heavy (non-hydrogen) atoms. The summed E-state index contributed by atoms with van der Waals surface area (Å²) in [4.78, 5) is 22.7. The Hall–Kier alpha value is -2.42. The summed E-state index contributed by atoms with van der Waals surface area (Å²) < 4.78 is 0. The van der Waals surface area contributed by atoms with E-state index in [1.807, 2.05) is 6.92 Å². The predicted octanol–water partition coefficient (Wildman–Crippen LogP) is 2.15. The number of anilines is 1. The molecule has 0 saturated heterocycles. The van der Waals surface area contributed by atoms with E-state index in [4.69, 9.17) is 5.26 Å². The van der Waals surface area contributed by atoms with Gasteiger partial charge < -0.3 is 4.90 Å². The quantitative estimate of drug-likeness (QED) is 0.452. The van der Waals surface area contributed by atoms with Crippen LogP contribution in [0, 0.1) is 21.4 Å². The predicted molar refractivity (Wildman–Crippen MR) is 66.6 cm³/mol. The van der Waals surface area contributed by atoms with Crippen LogP contribution in [0.25, 0.3) is 0 Å². The molecule has 0 heterocycles. The maximum atomic E-state index is 10.8. The highest BCUT2D eigenvalue weighted by Gasteiger charge is 2.16. The minimum atomic E-state index is -0.591. The molecule has 0 aliphatic rings. The largest absolute Gasteiger partial charge is 0.371 e. The van der Waals surface area contributed by atoms with Gasteiger partial charge in [-0.15, -0.1) is 0 Å². The van der Waals surface area contributed by atoms with Crippen LogP contribution in [0.1, 0.15) is 23.7 Å². The van der Waals surface area contributed by atoms with Crippen LogP contribution in [0.3, 0.4) is 0 Å². The molecular weight excluding hydrogens is 234 g/mol. The van der Waals surface area contributed by atoms with Crippen LogP contribution >= 0.6 is 0 Å². The molecule has 0 spiro atoms. The van der Waals surface area contributed by atoms with Gasteiger partial charge in [-0.2, -0.15) is 5.26 Å². The van der Waals surface area contributed by atoms with Crippen molar-refractivity contribution >= 4 is 17.7 Å². The smallest absolute Gasteiger partial charge is 0.280 e. The van der Waals surface area contributed by atoms with E-state index in [1.54, 1.807) is 18.0 Å². The molecule has 94 valence electrons. The summed E-state index contributed by atoms with van der Waals surface area (Å²) in [7, 11) is 1.78. The zero-order chi connectivity index (χ0) is 13.7. The Labute approximate surface area is 105 Å². The van der Waals surface area contributed by atoms with Crippen molar-refractivity contribution in [2.45, 2.75) is 19.4 Å². The minimum absolute atomic E-state index is 0.0315. The summed E-state index contributed by atoms with van der Waals surface area (Å²) >= 11 is 0. The monoisotopic (exact) mass is 247 g/mol. The van der Waals surface area contributed by atoms with Gasteiger partial charge in [-0.3, -0.25) is 14.9 Å². The Morgan fingerprint density at radius 1 is 1.61 bits per heavy atom. The van der Waals surface area contributed by atoms with Crippen LogP contribution in [-0.4, -0.2) is 24.3 Å². The SMILES string of the molecule is CC(CC#N)N(C)c1ccc([N+](=O)[O-])c(C=O)c1. The van der Waals surface area contributed by atoms with Gasteiger partial charge in [-0.1, -0.05) is 0 Å². The van der Waals surface area contributed by atoms with Crippen molar-refractivity contribution in [2.24, 2.45) is 0 Å². The van der Waals surface area contributed by atoms with Crippen molar-refractivity contribution in [3.05, 3.63) is 33.9 Å². The molecule has 0 aromatic heterocycles. The fraction of sp³-hybridized carbons (Fsp3) is 0.333. The Morgan fingerprint density at radius 3 is 2.78 bits per heavy atom. The number of nitriles is 1. The Bertz CT molecular complexity index is 508. The number of nitrogens with zero attached hydrogens (tertiary/aromatic N) is 3. The first-order valence-electron chi connectivity index (χ1n) is 5.34. The third-order valence-electron chi connectivity index (χ3n) is 2.79. The van der Waals surface area contributed by atoms with Crippen molar-refractivity contribution in [1.29, 1.82) is 5.26 Å². The molecule has 6 nitrogen and oxygen atoms in total. The fourth-order valence-electron chi connectivity index (χ4n) is 1.55. The summed E-state index contributed by atoms with van der Waals surface area (Å²) in [5, 5.41) is 19.3. The lowest BCUT2D eigenvalue weighted by Gasteiger charge is -2.25. The number of carbonyl (C=O) groups is 1. The van der Waals surface area contributed by atoms with Gasteiger partial charge in [0.2, 0.25) is 0 Å². The zero-order valence-electron chi connectivity index (χ0n) is 10.2. The summed E-state index contributed by atoms with van der Waals surface area (Å²) in [6, 6.07) is 6.35. The lowest BCUT2D eigenvalue weighted by molar-refractivity contribution is -0.385. The molecule has 0 aliphatic heterocycles. The van der Waals surface area contributed by atoms with Crippen LogP contribution in [0.2, 0.25) is 0 Å². The van der Waals surface area contributed by atoms with Crippen molar-refractivity contribution < 1.29 is 9.72 Å². The van der Waals surface area contributed by atoms with Gasteiger partial charge in [0.1, 0.15) is 0 Å². The number of carbonyl (C=O) groups excluding carboxylic acids is 1. The summed E-state index contributed by atoms with van der Waals surface area (Å²) in [6.07, 6.45) is 0.800. The lowest BCUT2D eigenvalue weighted by Crippen LogP contribution is -2.28. The van der Waals surface area contributed by atoms with E-state index in [9.17, 15) is 14.9 Å². The second-order valence-corrected chi connectivity index (χ2v) is 3.94. The molecule has 1 rings (SSSR count). The first-order valence-corrected chi connectivity index (χ1v) is 5.34. The highest BCUT2D eigenvalue weighted by Crippen LogP contribution is 2.24. The Morgan fingerprint density at radius 2 is 2.28 bits per heavy atom. The second kappa shape index (κ2) is 5.77. The molecule has 0 aliphatic carbocycles. The number of benzene rings is 1. The van der Waals surface area contributed by atoms with E-state index in [0.29, 0.717) is 18.4 Å². The lowest BCUT2D eigenvalue weighted by atomic mass is 10.1. The van der Waals surface area contributed by atoms with Crippen molar-refractivity contribution in [3.63, 3.8) is 0 Å². The molecule has 0 amide bonds. The summed E-state index contributed by atoms with van der Waals surface area (Å²) in [5.41, 5.74) is 0.494. The van der Waals surface area contributed by atoms with Gasteiger partial charge in [0.15, 0.2) is 6.29 Å². The molecule has 1 aromatic rings. The third kappa shape index (κ3) is 2.83. The van der Waals surface area contributed by atoms with E-state index >= 15 is 0 Å². The van der Waals surface area contributed by atoms with Gasteiger partial charge in [-0.05, 0) is 19.1 Å². The van der Waals surface area contributed by atoms with Gasteiger partial charge in [0.25, 0.3) is 5.69 Å². The number of rotatable bonds is 5. The van der Waals surface area contributed by atoms with Gasteiger partial charge in [0.05, 0.1) is 23.0 Å². The van der Waals surface area contributed by atoms with Crippen molar-refractivity contribution in [2.75, 3.05) is 11.9 Å². The van der Waals surface area contributed by atoms with E-state index in [-0.39, 0.29) is 17.3 Å². The number of nitro benzene ring substituents is 1. The number of hydrogen-bond donors (Lipinski definition) is 0. The van der Waals surface area contributed by atoms with Crippen molar-refractivity contribution in [1.82, 2.24) is 0 Å². The molecule has 0 N–H and O–H groups in total. The van der Waals surface area contributed by atoms with Crippen LogP contribution in [0.15, 0.2) is 18.2 Å². The average Bonchev–Trinajstić information content (AvgIpc) is 2.37. The highest BCUT2D eigenvalue weighted by molar-refractivity contribution is 5.83. The minimum Gasteiger partial charge on any atom is -0.371 e.